The number of methoxy groups -OCH3 is 2. The van der Waals surface area contributed by atoms with Gasteiger partial charge in [0, 0.05) is 24.2 Å². The van der Waals surface area contributed by atoms with Gasteiger partial charge >= 0.3 is 27.7 Å². The number of esters is 1. The number of nitrogens with one attached hydrogen (secondary N) is 2. The highest BCUT2D eigenvalue weighted by molar-refractivity contribution is 7.60. The van der Waals surface area contributed by atoms with Crippen LogP contribution in [0.5, 0.6) is 34.5 Å². The number of alkyl carbamates (subject to hydrolysis) is 1. The first-order valence-electron chi connectivity index (χ1n) is 18.7. The molecule has 0 aliphatic carbocycles. The normalized spacial score (nSPS) is 20.1. The SMILES string of the molecule is COc1cc2c(c(Cl)c1O)Oc1c(cc(OC)c(O)c1Cl)C21OC(=O)c2ccc(C(=O)NCCNC(=O)O[C@@H]3[C@H](O)[C@@H](COP(=O)(O)OP(=O)(O)O)O[C@H]3n3cnc4c(N)ncnc43)cc21. The van der Waals surface area contributed by atoms with Crippen molar-refractivity contribution in [3.63, 3.8) is 0 Å². The van der Waals surface area contributed by atoms with E-state index in [0.29, 0.717) is 0 Å². The number of halogens is 2. The van der Waals surface area contributed by atoms with Gasteiger partial charge in [-0.3, -0.25) is 13.9 Å². The number of imidazole rings is 1. The van der Waals surface area contributed by atoms with E-state index in [9.17, 15) is 43.7 Å². The third-order valence-electron chi connectivity index (χ3n) is 10.4. The molecule has 3 aliphatic heterocycles. The molecular formula is C36H33Cl2N7O19P2. The molecule has 8 rings (SSSR count). The quantitative estimate of drug-likeness (QED) is 0.0465. The van der Waals surface area contributed by atoms with Crippen LogP contribution in [0, 0.1) is 0 Å². The summed E-state index contributed by atoms with van der Waals surface area (Å²) in [5.74, 6) is -3.33. The van der Waals surface area contributed by atoms with Crippen molar-refractivity contribution in [2.75, 3.05) is 39.6 Å². The van der Waals surface area contributed by atoms with E-state index in [4.69, 9.17) is 67.1 Å². The van der Waals surface area contributed by atoms with Crippen LogP contribution in [0.25, 0.3) is 11.2 Å². The van der Waals surface area contributed by atoms with Gasteiger partial charge in [-0.2, -0.15) is 4.31 Å². The van der Waals surface area contributed by atoms with Gasteiger partial charge in [0.2, 0.25) is 0 Å². The van der Waals surface area contributed by atoms with Crippen LogP contribution in [-0.4, -0.2) is 120 Å². The highest BCUT2D eigenvalue weighted by Gasteiger charge is 2.56. The summed E-state index contributed by atoms with van der Waals surface area (Å²) < 4.78 is 67.0. The lowest BCUT2D eigenvalue weighted by atomic mass is 9.77. The van der Waals surface area contributed by atoms with Crippen molar-refractivity contribution in [2.45, 2.75) is 30.1 Å². The number of amides is 2. The highest BCUT2D eigenvalue weighted by Crippen LogP contribution is 2.63. The second-order valence-corrected chi connectivity index (χ2v) is 17.8. The Balaban J connectivity index is 1.00. The summed E-state index contributed by atoms with van der Waals surface area (Å²) in [7, 11) is -8.38. The van der Waals surface area contributed by atoms with Gasteiger partial charge in [0.05, 0.1) is 43.8 Å². The summed E-state index contributed by atoms with van der Waals surface area (Å²) in [5.41, 5.74) is 4.23. The number of benzene rings is 3. The third-order valence-corrected chi connectivity index (χ3v) is 13.2. The van der Waals surface area contributed by atoms with Crippen LogP contribution in [0.3, 0.4) is 0 Å². The first-order valence-corrected chi connectivity index (χ1v) is 22.5. The largest absolute Gasteiger partial charge is 0.503 e. The fourth-order valence-electron chi connectivity index (χ4n) is 7.48. The molecule has 0 bridgehead atoms. The minimum Gasteiger partial charge on any atom is -0.503 e. The maximum atomic E-state index is 13.7. The van der Waals surface area contributed by atoms with Crippen LogP contribution in [0.2, 0.25) is 10.0 Å². The Labute approximate surface area is 378 Å². The molecule has 30 heteroatoms. The molecule has 10 N–H and O–H groups in total. The summed E-state index contributed by atoms with van der Waals surface area (Å²) in [5, 5.41) is 37.1. The lowest BCUT2D eigenvalue weighted by Gasteiger charge is -2.37. The molecule has 5 atom stereocenters. The Morgan fingerprint density at radius 1 is 0.939 bits per heavy atom. The number of ether oxygens (including phenoxy) is 6. The second kappa shape index (κ2) is 17.3. The molecule has 3 aliphatic rings. The van der Waals surface area contributed by atoms with Crippen LogP contribution in [0.1, 0.15) is 43.6 Å². The fraction of sp³-hybridized carbons (Fsp3) is 0.278. The molecule has 5 aromatic rings. The van der Waals surface area contributed by atoms with Gasteiger partial charge in [-0.15, -0.1) is 0 Å². The molecule has 0 radical (unpaired) electrons. The first kappa shape index (κ1) is 46.5. The summed E-state index contributed by atoms with van der Waals surface area (Å²) in [4.78, 5) is 80.2. The lowest BCUT2D eigenvalue weighted by molar-refractivity contribution is -0.0522. The number of hydrogen-bond donors (Lipinski definition) is 9. The molecule has 1 fully saturated rings. The number of phenolic OH excluding ortho intramolecular Hbond substituents is 2. The number of nitrogen functional groups attached to an aromatic ring is 1. The Bertz CT molecular complexity index is 2870. The zero-order valence-corrected chi connectivity index (χ0v) is 36.8. The maximum Gasteiger partial charge on any atom is 0.481 e. The summed E-state index contributed by atoms with van der Waals surface area (Å²) in [6.45, 7) is -1.52. The number of fused-ring (bicyclic) bond motifs is 7. The monoisotopic (exact) mass is 999 g/mol. The van der Waals surface area contributed by atoms with Gasteiger partial charge in [-0.1, -0.05) is 23.2 Å². The van der Waals surface area contributed by atoms with Crippen LogP contribution in [0.4, 0.5) is 10.6 Å². The molecule has 5 heterocycles. The zero-order chi connectivity index (χ0) is 47.6. The van der Waals surface area contributed by atoms with E-state index < -0.39 is 81.9 Å². The summed E-state index contributed by atoms with van der Waals surface area (Å²) in [6.07, 6.45) is -5.40. The van der Waals surface area contributed by atoms with Gasteiger partial charge < -0.3 is 74.8 Å². The molecule has 3 aromatic carbocycles. The van der Waals surface area contributed by atoms with Crippen LogP contribution in [0.15, 0.2) is 43.0 Å². The number of hydrogen-bond acceptors (Lipinski definition) is 20. The van der Waals surface area contributed by atoms with E-state index in [1.54, 1.807) is 0 Å². The number of phosphoric acid groups is 2. The van der Waals surface area contributed by atoms with Crippen molar-refractivity contribution in [3.05, 3.63) is 80.8 Å². The van der Waals surface area contributed by atoms with Crippen LogP contribution >= 0.6 is 38.8 Å². The number of aliphatic hydroxyl groups is 1. The molecule has 26 nitrogen and oxygen atoms in total. The van der Waals surface area contributed by atoms with Crippen molar-refractivity contribution in [1.29, 1.82) is 0 Å². The Hall–Kier alpha value is -6.02. The van der Waals surface area contributed by atoms with E-state index in [1.807, 2.05) is 0 Å². The van der Waals surface area contributed by atoms with Crippen molar-refractivity contribution in [3.8, 4) is 34.5 Å². The number of carbonyl (C=O) groups is 3. The number of aliphatic hydroxyl groups excluding tert-OH is 1. The lowest BCUT2D eigenvalue weighted by Crippen LogP contribution is -2.41. The molecule has 66 heavy (non-hydrogen) atoms. The van der Waals surface area contributed by atoms with Gasteiger partial charge in [-0.25, -0.2) is 33.7 Å². The van der Waals surface area contributed by atoms with Gasteiger partial charge in [-0.05, 0) is 30.3 Å². The molecule has 1 spiro atoms. The number of rotatable bonds is 13. The molecule has 1 unspecified atom stereocenters. The molecule has 2 aromatic heterocycles. The van der Waals surface area contributed by atoms with Crippen molar-refractivity contribution < 1.29 is 90.8 Å². The Kier molecular flexibility index (Phi) is 12.2. The zero-order valence-electron chi connectivity index (χ0n) is 33.5. The maximum absolute atomic E-state index is 13.7. The predicted molar refractivity (Wildman–Crippen MR) is 220 cm³/mol. The standard InChI is InChI=1S/C36H33Cl2N7O19P2/c1-57-18-8-16-27(21(37)24(18)46)61-28-17(9-19(58-2)25(47)22(28)38)36(16)15-7-13(3-4-14(15)34(50)63-36)32(49)40-5-6-41-35(51)62-29-26(48)20(10-59-66(55,56)64-65(52,53)54)60-33(29)45-12-44-23-30(39)42-11-43-31(23)45/h3-4,7-9,11-12,20,26,29,33,46-48H,5-6,10H2,1-2H3,(H,40,49)(H,41,51)(H,55,56)(H2,39,42,43)(H2,52,53,54)/t20-,26-,29-,33-/m1/s1. The van der Waals surface area contributed by atoms with E-state index in [1.165, 1.54) is 55.4 Å². The number of aromatic nitrogens is 4. The predicted octanol–water partition coefficient (Wildman–Crippen LogP) is 2.72. The van der Waals surface area contributed by atoms with Gasteiger partial charge in [0.25, 0.3) is 5.91 Å². The number of nitrogens with two attached hydrogens (primary N) is 1. The number of phenols is 2. The highest BCUT2D eigenvalue weighted by atomic mass is 35.5. The average molecular weight is 1000 g/mol. The van der Waals surface area contributed by atoms with Gasteiger partial charge in [0.1, 0.15) is 34.1 Å². The van der Waals surface area contributed by atoms with Gasteiger partial charge in [0.15, 0.2) is 63.9 Å². The number of phosphoric ester groups is 1. The van der Waals surface area contributed by atoms with Crippen LogP contribution < -0.4 is 30.6 Å². The fourth-order valence-corrected chi connectivity index (χ4v) is 9.55. The minimum absolute atomic E-state index is 0.00530. The molecule has 1 saturated heterocycles. The van der Waals surface area contributed by atoms with E-state index in [-0.39, 0.29) is 90.9 Å². The first-order chi connectivity index (χ1) is 31.2. The number of aromatic hydroxyl groups is 2. The minimum atomic E-state index is -5.50. The summed E-state index contributed by atoms with van der Waals surface area (Å²) in [6, 6.07) is 6.66. The second-order valence-electron chi connectivity index (χ2n) is 14.2. The third kappa shape index (κ3) is 8.15. The number of carbonyl (C=O) groups excluding carboxylic acids is 3. The van der Waals surface area contributed by atoms with E-state index in [0.717, 1.165) is 6.33 Å². The van der Waals surface area contributed by atoms with Crippen LogP contribution in [-0.2, 0) is 37.8 Å². The van der Waals surface area contributed by atoms with E-state index in [2.05, 4.69) is 34.4 Å². The number of nitrogens with zero attached hydrogens (tertiary/aromatic N) is 4. The Morgan fingerprint density at radius 3 is 2.20 bits per heavy atom. The molecule has 2 amide bonds. The topological polar surface area (TPSA) is 374 Å². The van der Waals surface area contributed by atoms with Crippen molar-refractivity contribution in [1.82, 2.24) is 30.2 Å². The van der Waals surface area contributed by atoms with E-state index >= 15 is 0 Å². The van der Waals surface area contributed by atoms with Crippen molar-refractivity contribution >= 4 is 73.8 Å². The Morgan fingerprint density at radius 2 is 1.58 bits per heavy atom. The molecular weight excluding hydrogens is 967 g/mol. The van der Waals surface area contributed by atoms with Crippen molar-refractivity contribution in [2.24, 2.45) is 0 Å². The smallest absolute Gasteiger partial charge is 0.481 e. The average Bonchev–Trinajstić information content (AvgIpc) is 3.92. The summed E-state index contributed by atoms with van der Waals surface area (Å²) >= 11 is 13.1. The molecule has 0 saturated carbocycles. The molecule has 350 valence electrons. The number of anilines is 1.